The normalized spacial score (nSPS) is 23.8. The maximum absolute atomic E-state index is 5.72. The van der Waals surface area contributed by atoms with Gasteiger partial charge in [0.1, 0.15) is 0 Å². The van der Waals surface area contributed by atoms with Crippen molar-refractivity contribution >= 4 is 11.3 Å². The van der Waals surface area contributed by atoms with E-state index in [1.165, 1.54) is 5.69 Å². The Kier molecular flexibility index (Phi) is 4.50. The van der Waals surface area contributed by atoms with Crippen LogP contribution in [0.25, 0.3) is 0 Å². The Hall–Kier alpha value is -0.490. The number of hydrogen-bond donors (Lipinski definition) is 1. The summed E-state index contributed by atoms with van der Waals surface area (Å²) in [5.74, 6) is 0. The van der Waals surface area contributed by atoms with Crippen molar-refractivity contribution in [2.24, 2.45) is 0 Å². The summed E-state index contributed by atoms with van der Waals surface area (Å²) in [6, 6.07) is 0.392. The lowest BCUT2D eigenvalue weighted by molar-refractivity contribution is -0.0397. The molecule has 96 valence electrons. The van der Waals surface area contributed by atoms with Crippen LogP contribution in [0.2, 0.25) is 0 Å². The molecule has 2 rings (SSSR count). The van der Waals surface area contributed by atoms with Crippen LogP contribution in [0.3, 0.4) is 0 Å². The molecule has 0 radical (unpaired) electrons. The average molecular weight is 255 g/mol. The van der Waals surface area contributed by atoms with Crippen LogP contribution in [0, 0.1) is 6.92 Å². The zero-order chi connectivity index (χ0) is 12.3. The molecule has 2 atom stereocenters. The molecule has 17 heavy (non-hydrogen) atoms. The van der Waals surface area contributed by atoms with E-state index in [4.69, 9.17) is 4.74 Å². The molecule has 1 aliphatic heterocycles. The molecule has 0 bridgehead atoms. The zero-order valence-electron chi connectivity index (χ0n) is 10.8. The fraction of sp³-hybridized carbons (Fsp3) is 0.750. The summed E-state index contributed by atoms with van der Waals surface area (Å²) in [6.45, 7) is 8.01. The van der Waals surface area contributed by atoms with Gasteiger partial charge in [-0.25, -0.2) is 4.98 Å². The van der Waals surface area contributed by atoms with Gasteiger partial charge in [-0.3, -0.25) is 4.90 Å². The van der Waals surface area contributed by atoms with Crippen LogP contribution in [0.4, 0.5) is 0 Å². The molecule has 1 N–H and O–H groups in total. The van der Waals surface area contributed by atoms with Crippen molar-refractivity contribution in [3.05, 3.63) is 16.1 Å². The summed E-state index contributed by atoms with van der Waals surface area (Å²) in [4.78, 5) is 7.04. The number of likely N-dealkylation sites (N-methyl/N-ethyl adjacent to an activating group) is 1. The second kappa shape index (κ2) is 5.91. The monoisotopic (exact) mass is 255 g/mol. The molecule has 0 aliphatic carbocycles. The number of nitrogens with one attached hydrogen (secondary N) is 1. The molecule has 4 nitrogen and oxygen atoms in total. The molecule has 0 saturated carbocycles. The molecule has 0 aromatic carbocycles. The van der Waals surface area contributed by atoms with Crippen molar-refractivity contribution in [3.8, 4) is 0 Å². The molecule has 0 spiro atoms. The summed E-state index contributed by atoms with van der Waals surface area (Å²) in [6.07, 6.45) is 0.302. The van der Waals surface area contributed by atoms with Gasteiger partial charge in [-0.2, -0.15) is 0 Å². The highest BCUT2D eigenvalue weighted by Crippen LogP contribution is 2.23. The van der Waals surface area contributed by atoms with Crippen LogP contribution in [-0.4, -0.2) is 49.3 Å². The predicted octanol–water partition coefficient (Wildman–Crippen LogP) is 1.43. The lowest BCUT2D eigenvalue weighted by Gasteiger charge is -2.36. The predicted molar refractivity (Wildman–Crippen MR) is 70.5 cm³/mol. The van der Waals surface area contributed by atoms with Crippen molar-refractivity contribution in [2.45, 2.75) is 26.0 Å². The number of aromatic nitrogens is 1. The fourth-order valence-corrected chi connectivity index (χ4v) is 2.90. The number of ether oxygens (including phenoxy) is 1. The summed E-state index contributed by atoms with van der Waals surface area (Å²) in [7, 11) is 1.97. The Morgan fingerprint density at radius 1 is 1.71 bits per heavy atom. The third-order valence-corrected chi connectivity index (χ3v) is 4.01. The third-order valence-electron chi connectivity index (χ3n) is 3.21. The first-order valence-electron chi connectivity index (χ1n) is 6.13. The molecule has 1 aromatic heterocycles. The Balaban J connectivity index is 1.97. The number of hydrogen-bond acceptors (Lipinski definition) is 5. The van der Waals surface area contributed by atoms with Gasteiger partial charge in [-0.05, 0) is 20.9 Å². The van der Waals surface area contributed by atoms with Gasteiger partial charge in [0.05, 0.1) is 29.5 Å². The SMILES string of the molecule is CNCC1CN(C(C)c2csc(C)n2)CCO1. The van der Waals surface area contributed by atoms with Crippen LogP contribution in [0.1, 0.15) is 23.7 Å². The first-order chi connectivity index (χ1) is 8.20. The van der Waals surface area contributed by atoms with Crippen LogP contribution in [0.15, 0.2) is 5.38 Å². The number of morpholine rings is 1. The van der Waals surface area contributed by atoms with Crippen molar-refractivity contribution in [2.75, 3.05) is 33.3 Å². The van der Waals surface area contributed by atoms with E-state index in [0.717, 1.165) is 31.2 Å². The number of rotatable bonds is 4. The Labute approximate surface area is 107 Å². The van der Waals surface area contributed by atoms with E-state index >= 15 is 0 Å². The first kappa shape index (κ1) is 13.0. The largest absolute Gasteiger partial charge is 0.374 e. The average Bonchev–Trinajstić information content (AvgIpc) is 2.76. The lowest BCUT2D eigenvalue weighted by atomic mass is 10.1. The standard InChI is InChI=1S/C12H21N3OS/c1-9(12-8-17-10(2)14-12)15-4-5-16-11(7-15)6-13-3/h8-9,11,13H,4-7H2,1-3H3. The smallest absolute Gasteiger partial charge is 0.0898 e. The van der Waals surface area contributed by atoms with E-state index in [0.29, 0.717) is 12.1 Å². The van der Waals surface area contributed by atoms with E-state index < -0.39 is 0 Å². The lowest BCUT2D eigenvalue weighted by Crippen LogP contribution is -2.47. The summed E-state index contributed by atoms with van der Waals surface area (Å²) in [5.41, 5.74) is 1.19. The van der Waals surface area contributed by atoms with E-state index in [1.54, 1.807) is 11.3 Å². The topological polar surface area (TPSA) is 37.4 Å². The molecule has 0 amide bonds. The van der Waals surface area contributed by atoms with Crippen LogP contribution < -0.4 is 5.32 Å². The van der Waals surface area contributed by atoms with Crippen LogP contribution in [0.5, 0.6) is 0 Å². The highest BCUT2D eigenvalue weighted by molar-refractivity contribution is 7.09. The third kappa shape index (κ3) is 3.25. The van der Waals surface area contributed by atoms with Gasteiger partial charge < -0.3 is 10.1 Å². The highest BCUT2D eigenvalue weighted by atomic mass is 32.1. The molecular weight excluding hydrogens is 234 g/mol. The van der Waals surface area contributed by atoms with E-state index in [-0.39, 0.29) is 0 Å². The van der Waals surface area contributed by atoms with Gasteiger partial charge in [0.2, 0.25) is 0 Å². The number of thiazole rings is 1. The summed E-state index contributed by atoms with van der Waals surface area (Å²) >= 11 is 1.73. The minimum absolute atomic E-state index is 0.302. The quantitative estimate of drug-likeness (QED) is 0.883. The van der Waals surface area contributed by atoms with Crippen molar-refractivity contribution in [1.82, 2.24) is 15.2 Å². The Bertz CT molecular complexity index is 353. The van der Waals surface area contributed by atoms with E-state index in [2.05, 4.69) is 34.4 Å². The maximum Gasteiger partial charge on any atom is 0.0898 e. The second-order valence-electron chi connectivity index (χ2n) is 4.51. The molecule has 1 aliphatic rings. The van der Waals surface area contributed by atoms with Gasteiger partial charge >= 0.3 is 0 Å². The van der Waals surface area contributed by atoms with Crippen molar-refractivity contribution in [1.29, 1.82) is 0 Å². The molecule has 1 aromatic rings. The molecule has 5 heteroatoms. The molecule has 1 saturated heterocycles. The first-order valence-corrected chi connectivity index (χ1v) is 7.01. The maximum atomic E-state index is 5.72. The van der Waals surface area contributed by atoms with E-state index in [1.807, 2.05) is 7.05 Å². The molecule has 2 unspecified atom stereocenters. The van der Waals surface area contributed by atoms with Gasteiger partial charge in [0.15, 0.2) is 0 Å². The minimum atomic E-state index is 0.302. The number of aryl methyl sites for hydroxylation is 1. The summed E-state index contributed by atoms with van der Waals surface area (Å²) < 4.78 is 5.72. The Morgan fingerprint density at radius 3 is 3.18 bits per heavy atom. The summed E-state index contributed by atoms with van der Waals surface area (Å²) in [5, 5.41) is 6.49. The van der Waals surface area contributed by atoms with Gasteiger partial charge in [-0.1, -0.05) is 0 Å². The molecule has 2 heterocycles. The van der Waals surface area contributed by atoms with Crippen molar-refractivity contribution < 1.29 is 4.74 Å². The zero-order valence-corrected chi connectivity index (χ0v) is 11.6. The number of nitrogens with zero attached hydrogens (tertiary/aromatic N) is 2. The van der Waals surface area contributed by atoms with Gasteiger partial charge in [0, 0.05) is 25.0 Å². The van der Waals surface area contributed by atoms with Crippen molar-refractivity contribution in [3.63, 3.8) is 0 Å². The van der Waals surface area contributed by atoms with Gasteiger partial charge in [0.25, 0.3) is 0 Å². The molecule has 1 fully saturated rings. The Morgan fingerprint density at radius 2 is 2.53 bits per heavy atom. The van der Waals surface area contributed by atoms with Crippen LogP contribution >= 0.6 is 11.3 Å². The highest BCUT2D eigenvalue weighted by Gasteiger charge is 2.25. The second-order valence-corrected chi connectivity index (χ2v) is 5.58. The van der Waals surface area contributed by atoms with Gasteiger partial charge in [-0.15, -0.1) is 11.3 Å². The minimum Gasteiger partial charge on any atom is -0.374 e. The fourth-order valence-electron chi connectivity index (χ4n) is 2.20. The van der Waals surface area contributed by atoms with E-state index in [9.17, 15) is 0 Å². The molecular formula is C12H21N3OS. The van der Waals surface area contributed by atoms with Crippen LogP contribution in [-0.2, 0) is 4.74 Å².